The van der Waals surface area contributed by atoms with Gasteiger partial charge in [0.25, 0.3) is 5.91 Å². The van der Waals surface area contributed by atoms with E-state index in [9.17, 15) is 4.79 Å². The minimum atomic E-state index is -0.0933. The van der Waals surface area contributed by atoms with Gasteiger partial charge in [-0.1, -0.05) is 18.2 Å². The van der Waals surface area contributed by atoms with Gasteiger partial charge in [0.1, 0.15) is 5.75 Å². The molecule has 0 radical (unpaired) electrons. The number of carbonyl (C=O) groups is 1. The second-order valence-electron chi connectivity index (χ2n) is 7.97. The van der Waals surface area contributed by atoms with Gasteiger partial charge in [0.05, 0.1) is 20.8 Å². The molecule has 2 aliphatic heterocycles. The Morgan fingerprint density at radius 1 is 1.10 bits per heavy atom. The minimum absolute atomic E-state index is 0.00908. The first kappa shape index (κ1) is 17.9. The number of para-hydroxylation sites is 1. The van der Waals surface area contributed by atoms with E-state index >= 15 is 0 Å². The van der Waals surface area contributed by atoms with Crippen molar-refractivity contribution in [2.24, 2.45) is 5.41 Å². The summed E-state index contributed by atoms with van der Waals surface area (Å²) in [5.41, 5.74) is 2.56. The predicted octanol–water partition coefficient (Wildman–Crippen LogP) is 3.84. The fourth-order valence-electron chi connectivity index (χ4n) is 4.53. The zero-order valence-electron chi connectivity index (χ0n) is 16.8. The van der Waals surface area contributed by atoms with Gasteiger partial charge in [-0.05, 0) is 37.1 Å². The predicted molar refractivity (Wildman–Crippen MR) is 108 cm³/mol. The number of furan rings is 1. The van der Waals surface area contributed by atoms with E-state index in [1.807, 2.05) is 42.2 Å². The number of benzene rings is 2. The van der Waals surface area contributed by atoms with Crippen molar-refractivity contribution in [2.75, 3.05) is 33.9 Å². The van der Waals surface area contributed by atoms with Crippen LogP contribution in [0.5, 0.6) is 17.2 Å². The zero-order valence-corrected chi connectivity index (χ0v) is 16.8. The summed E-state index contributed by atoms with van der Waals surface area (Å²) in [6, 6.07) is 11.8. The number of hydrogen-bond donors (Lipinski definition) is 0. The topological polar surface area (TPSA) is 61.1 Å². The lowest BCUT2D eigenvalue weighted by atomic mass is 9.74. The Kier molecular flexibility index (Phi) is 3.98. The van der Waals surface area contributed by atoms with E-state index in [1.54, 1.807) is 14.2 Å². The van der Waals surface area contributed by atoms with Crippen molar-refractivity contribution < 1.29 is 23.4 Å². The third-order valence-corrected chi connectivity index (χ3v) is 6.05. The molecule has 2 aliphatic rings. The number of likely N-dealkylation sites (tertiary alicyclic amines) is 1. The molecule has 0 unspecified atom stereocenters. The van der Waals surface area contributed by atoms with Gasteiger partial charge in [-0.3, -0.25) is 4.79 Å². The SMILES string of the molecule is COc1ccc2c(C)c(C(=O)N3CC4(COc5ccccc5C4)C3)oc2c1OC. The Bertz CT molecular complexity index is 1110. The second-order valence-corrected chi connectivity index (χ2v) is 7.97. The monoisotopic (exact) mass is 393 g/mol. The molecule has 1 spiro atoms. The van der Waals surface area contributed by atoms with E-state index < -0.39 is 0 Å². The van der Waals surface area contributed by atoms with E-state index in [0.29, 0.717) is 42.5 Å². The first-order valence-electron chi connectivity index (χ1n) is 9.69. The maximum Gasteiger partial charge on any atom is 0.289 e. The van der Waals surface area contributed by atoms with E-state index in [4.69, 9.17) is 18.6 Å². The quantitative estimate of drug-likeness (QED) is 0.677. The summed E-state index contributed by atoms with van der Waals surface area (Å²) in [4.78, 5) is 15.0. The molecule has 5 rings (SSSR count). The van der Waals surface area contributed by atoms with Gasteiger partial charge in [-0.25, -0.2) is 0 Å². The average Bonchev–Trinajstić information content (AvgIpc) is 3.07. The lowest BCUT2D eigenvalue weighted by molar-refractivity contribution is -0.0304. The molecule has 0 aliphatic carbocycles. The van der Waals surface area contributed by atoms with Crippen molar-refractivity contribution >= 4 is 16.9 Å². The number of fused-ring (bicyclic) bond motifs is 2. The van der Waals surface area contributed by atoms with Crippen molar-refractivity contribution in [3.8, 4) is 17.2 Å². The molecule has 2 aromatic carbocycles. The fraction of sp³-hybridized carbons (Fsp3) is 0.348. The van der Waals surface area contributed by atoms with Crippen LogP contribution < -0.4 is 14.2 Å². The Morgan fingerprint density at radius 2 is 1.90 bits per heavy atom. The standard InChI is InChI=1S/C23H23NO5/c1-14-16-8-9-18(26-2)21(27-3)20(16)29-19(14)22(25)24-11-23(12-24)10-15-6-4-5-7-17(15)28-13-23/h4-9H,10-13H2,1-3H3. The molecule has 29 heavy (non-hydrogen) atoms. The summed E-state index contributed by atoms with van der Waals surface area (Å²) < 4.78 is 22.7. The number of nitrogens with zero attached hydrogens (tertiary/aromatic N) is 1. The average molecular weight is 393 g/mol. The number of ether oxygens (including phenoxy) is 3. The lowest BCUT2D eigenvalue weighted by Crippen LogP contribution is -2.62. The highest BCUT2D eigenvalue weighted by Gasteiger charge is 2.49. The van der Waals surface area contributed by atoms with Crippen molar-refractivity contribution in [2.45, 2.75) is 13.3 Å². The third kappa shape index (κ3) is 2.66. The minimum Gasteiger partial charge on any atom is -0.493 e. The summed E-state index contributed by atoms with van der Waals surface area (Å²) in [5, 5.41) is 0.858. The van der Waals surface area contributed by atoms with E-state index in [0.717, 1.165) is 23.1 Å². The number of hydrogen-bond acceptors (Lipinski definition) is 5. The Morgan fingerprint density at radius 3 is 2.66 bits per heavy atom. The molecule has 0 saturated carbocycles. The molecule has 6 heteroatoms. The highest BCUT2D eigenvalue weighted by atomic mass is 16.5. The summed E-state index contributed by atoms with van der Waals surface area (Å²) >= 11 is 0. The van der Waals surface area contributed by atoms with Crippen LogP contribution in [-0.2, 0) is 6.42 Å². The van der Waals surface area contributed by atoms with Crippen LogP contribution in [0.25, 0.3) is 11.0 Å². The van der Waals surface area contributed by atoms with Gasteiger partial charge >= 0.3 is 0 Å². The number of aryl methyl sites for hydroxylation is 1. The van der Waals surface area contributed by atoms with Crippen LogP contribution in [0.3, 0.4) is 0 Å². The molecule has 1 saturated heterocycles. The van der Waals surface area contributed by atoms with Gasteiger partial charge in [0, 0.05) is 29.5 Å². The van der Waals surface area contributed by atoms with Gasteiger partial charge in [-0.2, -0.15) is 0 Å². The highest BCUT2D eigenvalue weighted by molar-refractivity contribution is 6.01. The third-order valence-electron chi connectivity index (χ3n) is 6.05. The van der Waals surface area contributed by atoms with Crippen molar-refractivity contribution in [3.05, 3.63) is 53.3 Å². The molecule has 0 bridgehead atoms. The second kappa shape index (κ2) is 6.44. The molecule has 0 atom stereocenters. The van der Waals surface area contributed by atoms with Crippen LogP contribution in [0.2, 0.25) is 0 Å². The Labute approximate surface area is 168 Å². The molecule has 150 valence electrons. The summed E-state index contributed by atoms with van der Waals surface area (Å²) in [7, 11) is 3.15. The van der Waals surface area contributed by atoms with Crippen LogP contribution in [-0.4, -0.2) is 44.7 Å². The number of carbonyl (C=O) groups excluding carboxylic acids is 1. The highest BCUT2D eigenvalue weighted by Crippen LogP contribution is 2.43. The largest absolute Gasteiger partial charge is 0.493 e. The normalized spacial score (nSPS) is 16.9. The lowest BCUT2D eigenvalue weighted by Gasteiger charge is -2.51. The van der Waals surface area contributed by atoms with Crippen LogP contribution in [0, 0.1) is 12.3 Å². The molecular weight excluding hydrogens is 370 g/mol. The smallest absolute Gasteiger partial charge is 0.289 e. The molecule has 1 fully saturated rings. The fourth-order valence-corrected chi connectivity index (χ4v) is 4.53. The molecule has 1 amide bonds. The number of amides is 1. The maximum atomic E-state index is 13.2. The van der Waals surface area contributed by atoms with Crippen molar-refractivity contribution in [3.63, 3.8) is 0 Å². The summed E-state index contributed by atoms with van der Waals surface area (Å²) in [6.45, 7) is 3.87. The molecule has 6 nitrogen and oxygen atoms in total. The first-order valence-corrected chi connectivity index (χ1v) is 9.69. The van der Waals surface area contributed by atoms with Crippen LogP contribution in [0.4, 0.5) is 0 Å². The van der Waals surface area contributed by atoms with E-state index in [-0.39, 0.29) is 11.3 Å². The number of rotatable bonds is 3. The van der Waals surface area contributed by atoms with Crippen LogP contribution in [0.15, 0.2) is 40.8 Å². The molecular formula is C23H23NO5. The van der Waals surface area contributed by atoms with Crippen LogP contribution in [0.1, 0.15) is 21.7 Å². The molecule has 3 aromatic rings. The Balaban J connectivity index is 1.40. The van der Waals surface area contributed by atoms with Crippen molar-refractivity contribution in [1.29, 1.82) is 0 Å². The molecule has 0 N–H and O–H groups in total. The van der Waals surface area contributed by atoms with Gasteiger partial charge in [0.2, 0.25) is 5.75 Å². The van der Waals surface area contributed by atoms with Gasteiger partial charge in [0.15, 0.2) is 17.1 Å². The first-order chi connectivity index (χ1) is 14.0. The number of methoxy groups -OCH3 is 2. The van der Waals surface area contributed by atoms with Crippen LogP contribution >= 0.6 is 0 Å². The summed E-state index contributed by atoms with van der Waals surface area (Å²) in [5.74, 6) is 2.30. The van der Waals surface area contributed by atoms with Gasteiger partial charge < -0.3 is 23.5 Å². The van der Waals surface area contributed by atoms with Gasteiger partial charge in [-0.15, -0.1) is 0 Å². The molecule has 1 aromatic heterocycles. The Hall–Kier alpha value is -3.15. The zero-order chi connectivity index (χ0) is 20.2. The van der Waals surface area contributed by atoms with Crippen molar-refractivity contribution in [1.82, 2.24) is 4.90 Å². The van der Waals surface area contributed by atoms with E-state index in [2.05, 4.69) is 6.07 Å². The summed E-state index contributed by atoms with van der Waals surface area (Å²) in [6.07, 6.45) is 0.928. The van der Waals surface area contributed by atoms with E-state index in [1.165, 1.54) is 5.56 Å². The maximum absolute atomic E-state index is 13.2. The molecule has 3 heterocycles.